The first kappa shape index (κ1) is 23.5. The molecule has 166 valence electrons. The number of aromatic nitrogens is 1. The minimum absolute atomic E-state index is 0.182. The van der Waals surface area contributed by atoms with Crippen LogP contribution in [0.2, 0.25) is 5.02 Å². The van der Waals surface area contributed by atoms with Crippen molar-refractivity contribution >= 4 is 40.8 Å². The lowest BCUT2D eigenvalue weighted by Crippen LogP contribution is -2.26. The van der Waals surface area contributed by atoms with Crippen LogP contribution in [-0.4, -0.2) is 41.1 Å². The molecule has 3 rings (SSSR count). The van der Waals surface area contributed by atoms with Crippen LogP contribution in [0.1, 0.15) is 38.8 Å². The summed E-state index contributed by atoms with van der Waals surface area (Å²) in [4.78, 5) is 31.5. The molecule has 8 heteroatoms. The molecule has 0 aliphatic carbocycles. The van der Waals surface area contributed by atoms with Gasteiger partial charge in [-0.2, -0.15) is 0 Å². The van der Waals surface area contributed by atoms with Crippen LogP contribution >= 0.6 is 11.6 Å². The topological polar surface area (TPSA) is 98.2 Å². The van der Waals surface area contributed by atoms with E-state index in [0.29, 0.717) is 45.6 Å². The summed E-state index contributed by atoms with van der Waals surface area (Å²) in [5, 5.41) is 13.9. The van der Waals surface area contributed by atoms with E-state index in [2.05, 4.69) is 21.5 Å². The third-order valence-electron chi connectivity index (χ3n) is 4.92. The van der Waals surface area contributed by atoms with Crippen LogP contribution in [0.15, 0.2) is 60.8 Å². The number of carbonyl (C=O) groups excluding carboxylic acids is 2. The fraction of sp³-hybridized carbons (Fsp3) is 0.120. The predicted octanol–water partition coefficient (Wildman–Crippen LogP) is 4.50. The SMILES string of the molecule is C#Cc1ccc(NC(=O)c2cc(Cl)ccc2NC(=O)c2ccc(C(=N)N(C)CC)cc2)nc1. The Morgan fingerprint density at radius 2 is 1.76 bits per heavy atom. The number of pyridine rings is 1. The highest BCUT2D eigenvalue weighted by molar-refractivity contribution is 6.31. The maximum absolute atomic E-state index is 12.8. The van der Waals surface area contributed by atoms with E-state index in [4.69, 9.17) is 23.4 Å². The largest absolute Gasteiger partial charge is 0.360 e. The number of nitrogens with one attached hydrogen (secondary N) is 3. The quantitative estimate of drug-likeness (QED) is 0.287. The molecule has 1 heterocycles. The van der Waals surface area contributed by atoms with Gasteiger partial charge in [-0.1, -0.05) is 29.7 Å². The maximum Gasteiger partial charge on any atom is 0.258 e. The number of halogens is 1. The van der Waals surface area contributed by atoms with E-state index in [9.17, 15) is 9.59 Å². The Hall–Kier alpha value is -4.15. The summed E-state index contributed by atoms with van der Waals surface area (Å²) in [7, 11) is 1.83. The molecule has 0 unspecified atom stereocenters. The number of benzene rings is 2. The molecule has 7 nitrogen and oxygen atoms in total. The molecule has 1 aromatic heterocycles. The molecule has 0 atom stereocenters. The van der Waals surface area contributed by atoms with Gasteiger partial charge in [0.25, 0.3) is 11.8 Å². The van der Waals surface area contributed by atoms with Gasteiger partial charge in [0.15, 0.2) is 0 Å². The highest BCUT2D eigenvalue weighted by Crippen LogP contribution is 2.23. The Labute approximate surface area is 197 Å². The van der Waals surface area contributed by atoms with Crippen molar-refractivity contribution in [2.75, 3.05) is 24.2 Å². The molecule has 0 saturated heterocycles. The predicted molar refractivity (Wildman–Crippen MR) is 131 cm³/mol. The van der Waals surface area contributed by atoms with Crippen LogP contribution in [0.3, 0.4) is 0 Å². The van der Waals surface area contributed by atoms with Gasteiger partial charge in [0, 0.05) is 41.5 Å². The number of carbonyl (C=O) groups is 2. The Morgan fingerprint density at radius 1 is 1.06 bits per heavy atom. The van der Waals surface area contributed by atoms with Gasteiger partial charge in [0.05, 0.1) is 11.3 Å². The average molecular weight is 460 g/mol. The zero-order valence-corrected chi connectivity index (χ0v) is 18.9. The average Bonchev–Trinajstić information content (AvgIpc) is 2.84. The van der Waals surface area contributed by atoms with Crippen molar-refractivity contribution < 1.29 is 9.59 Å². The second-order valence-electron chi connectivity index (χ2n) is 7.11. The van der Waals surface area contributed by atoms with Gasteiger partial charge < -0.3 is 15.5 Å². The summed E-state index contributed by atoms with van der Waals surface area (Å²) >= 11 is 6.09. The molecule has 3 aromatic rings. The number of rotatable bonds is 6. The molecule has 0 bridgehead atoms. The highest BCUT2D eigenvalue weighted by atomic mass is 35.5. The standard InChI is InChI=1S/C25H22ClN5O2/c1-4-16-6-13-22(28-15-16)30-25(33)20-14-19(26)11-12-21(20)29-24(32)18-9-7-17(8-10-18)23(27)31(3)5-2/h1,6-15,27H,5H2,2-3H3,(H,29,32)(H,28,30,33). The third-order valence-corrected chi connectivity index (χ3v) is 5.16. The van der Waals surface area contributed by atoms with Crippen molar-refractivity contribution in [1.82, 2.24) is 9.88 Å². The molecule has 0 spiro atoms. The fourth-order valence-corrected chi connectivity index (χ4v) is 3.07. The molecule has 0 aliphatic heterocycles. The van der Waals surface area contributed by atoms with Crippen molar-refractivity contribution in [1.29, 1.82) is 5.41 Å². The molecule has 0 saturated carbocycles. The van der Waals surface area contributed by atoms with Crippen LogP contribution in [0.4, 0.5) is 11.5 Å². The van der Waals surface area contributed by atoms with Crippen LogP contribution in [0.25, 0.3) is 0 Å². The minimum Gasteiger partial charge on any atom is -0.360 e. The van der Waals surface area contributed by atoms with E-state index in [0.717, 1.165) is 0 Å². The first-order valence-corrected chi connectivity index (χ1v) is 10.4. The van der Waals surface area contributed by atoms with Gasteiger partial charge in [-0.05, 0) is 49.4 Å². The van der Waals surface area contributed by atoms with E-state index in [1.807, 2.05) is 14.0 Å². The number of hydrogen-bond acceptors (Lipinski definition) is 4. The zero-order valence-electron chi connectivity index (χ0n) is 18.1. The number of hydrogen-bond donors (Lipinski definition) is 3. The van der Waals surface area contributed by atoms with Crippen molar-refractivity contribution in [2.45, 2.75) is 6.92 Å². The van der Waals surface area contributed by atoms with Gasteiger partial charge in [-0.3, -0.25) is 15.0 Å². The van der Waals surface area contributed by atoms with E-state index < -0.39 is 11.8 Å². The number of anilines is 2. The Balaban J connectivity index is 1.78. The molecule has 33 heavy (non-hydrogen) atoms. The van der Waals surface area contributed by atoms with Gasteiger partial charge in [0.1, 0.15) is 11.7 Å². The molecular formula is C25H22ClN5O2. The number of nitrogens with zero attached hydrogens (tertiary/aromatic N) is 2. The van der Waals surface area contributed by atoms with Gasteiger partial charge >= 0.3 is 0 Å². The summed E-state index contributed by atoms with van der Waals surface area (Å²) < 4.78 is 0. The number of terminal acetylenes is 1. The minimum atomic E-state index is -0.486. The zero-order chi connectivity index (χ0) is 24.0. The van der Waals surface area contributed by atoms with Crippen LogP contribution in [-0.2, 0) is 0 Å². The number of amidine groups is 1. The monoisotopic (exact) mass is 459 g/mol. The summed E-state index contributed by atoms with van der Waals surface area (Å²) in [6.45, 7) is 2.66. The molecule has 2 aromatic carbocycles. The lowest BCUT2D eigenvalue weighted by molar-refractivity contribution is 0.102. The summed E-state index contributed by atoms with van der Waals surface area (Å²) in [6, 6.07) is 14.5. The molecule has 0 radical (unpaired) electrons. The Bertz CT molecular complexity index is 1230. The van der Waals surface area contributed by atoms with E-state index in [1.165, 1.54) is 12.3 Å². The smallest absolute Gasteiger partial charge is 0.258 e. The fourth-order valence-electron chi connectivity index (χ4n) is 2.90. The molecular weight excluding hydrogens is 438 g/mol. The summed E-state index contributed by atoms with van der Waals surface area (Å²) in [5.41, 5.74) is 2.15. The van der Waals surface area contributed by atoms with Crippen molar-refractivity contribution in [3.05, 3.63) is 88.1 Å². The highest BCUT2D eigenvalue weighted by Gasteiger charge is 2.16. The maximum atomic E-state index is 12.8. The molecule has 0 aliphatic rings. The summed E-state index contributed by atoms with van der Waals surface area (Å²) in [5.74, 6) is 2.25. The molecule has 3 N–H and O–H groups in total. The van der Waals surface area contributed by atoms with Gasteiger partial charge in [0.2, 0.25) is 0 Å². The van der Waals surface area contributed by atoms with Crippen LogP contribution in [0, 0.1) is 17.8 Å². The van der Waals surface area contributed by atoms with Crippen molar-refractivity contribution in [3.63, 3.8) is 0 Å². The van der Waals surface area contributed by atoms with Crippen molar-refractivity contribution in [2.24, 2.45) is 0 Å². The van der Waals surface area contributed by atoms with E-state index in [1.54, 1.807) is 53.4 Å². The third kappa shape index (κ3) is 5.76. The summed E-state index contributed by atoms with van der Waals surface area (Å²) in [6.07, 6.45) is 6.79. The molecule has 2 amide bonds. The second kappa shape index (κ2) is 10.4. The van der Waals surface area contributed by atoms with Gasteiger partial charge in [-0.15, -0.1) is 6.42 Å². The Kier molecular flexibility index (Phi) is 7.44. The normalized spacial score (nSPS) is 10.1. The molecule has 0 fully saturated rings. The van der Waals surface area contributed by atoms with E-state index in [-0.39, 0.29) is 5.56 Å². The van der Waals surface area contributed by atoms with E-state index >= 15 is 0 Å². The first-order chi connectivity index (χ1) is 15.8. The van der Waals surface area contributed by atoms with Crippen molar-refractivity contribution in [3.8, 4) is 12.3 Å². The number of amides is 2. The van der Waals surface area contributed by atoms with Crippen LogP contribution < -0.4 is 10.6 Å². The lowest BCUT2D eigenvalue weighted by atomic mass is 10.1. The van der Waals surface area contributed by atoms with Crippen LogP contribution in [0.5, 0.6) is 0 Å². The lowest BCUT2D eigenvalue weighted by Gasteiger charge is -2.17. The first-order valence-electron chi connectivity index (χ1n) is 10.1. The Morgan fingerprint density at radius 3 is 2.36 bits per heavy atom. The van der Waals surface area contributed by atoms with Gasteiger partial charge in [-0.25, -0.2) is 4.98 Å². The second-order valence-corrected chi connectivity index (χ2v) is 7.55.